The van der Waals surface area contributed by atoms with Crippen LogP contribution in [0, 0.1) is 11.3 Å². The second kappa shape index (κ2) is 5.98. The zero-order valence-corrected chi connectivity index (χ0v) is 11.6. The first kappa shape index (κ1) is 15.4. The Hall–Kier alpha value is -0.670. The van der Waals surface area contributed by atoms with E-state index >= 15 is 0 Å². The van der Waals surface area contributed by atoms with Crippen molar-refractivity contribution in [2.45, 2.75) is 65.2 Å². The molecular formula is C14H24F2O2. The second-order valence-corrected chi connectivity index (χ2v) is 6.02. The van der Waals surface area contributed by atoms with Gasteiger partial charge < -0.3 is 4.74 Å². The van der Waals surface area contributed by atoms with Crippen molar-refractivity contribution in [1.29, 1.82) is 0 Å². The van der Waals surface area contributed by atoms with E-state index in [1.54, 1.807) is 0 Å². The molecule has 0 spiro atoms. The van der Waals surface area contributed by atoms with Crippen LogP contribution in [0.5, 0.6) is 0 Å². The molecule has 0 unspecified atom stereocenters. The van der Waals surface area contributed by atoms with Gasteiger partial charge in [0.05, 0.1) is 12.5 Å². The maximum Gasteiger partial charge on any atom is 0.308 e. The molecule has 0 aromatic carbocycles. The standard InChI is InChI=1S/C14H24F2O2/c1-13(2,14(3,15)16)9-10-18-12(17)11-7-5-4-6-8-11/h11H,4-10H2,1-3H3. The molecule has 106 valence electrons. The smallest absolute Gasteiger partial charge is 0.308 e. The molecule has 1 saturated carbocycles. The molecule has 0 aliphatic heterocycles. The molecule has 1 aliphatic rings. The van der Waals surface area contributed by atoms with Gasteiger partial charge in [-0.15, -0.1) is 0 Å². The Labute approximate surface area is 108 Å². The lowest BCUT2D eigenvalue weighted by molar-refractivity contribution is -0.153. The first-order valence-electron chi connectivity index (χ1n) is 6.78. The minimum absolute atomic E-state index is 0.0102. The summed E-state index contributed by atoms with van der Waals surface area (Å²) < 4.78 is 31.6. The molecule has 0 saturated heterocycles. The Kier molecular flexibility index (Phi) is 5.11. The molecule has 0 heterocycles. The summed E-state index contributed by atoms with van der Waals surface area (Å²) in [7, 11) is 0. The molecular weight excluding hydrogens is 238 g/mol. The zero-order valence-electron chi connectivity index (χ0n) is 11.6. The predicted octanol–water partition coefficient (Wildman–Crippen LogP) is 4.18. The number of hydrogen-bond donors (Lipinski definition) is 0. The molecule has 0 atom stereocenters. The van der Waals surface area contributed by atoms with Crippen molar-refractivity contribution in [2.24, 2.45) is 11.3 Å². The summed E-state index contributed by atoms with van der Waals surface area (Å²) in [5.41, 5.74) is -1.14. The van der Waals surface area contributed by atoms with Crippen LogP contribution in [-0.2, 0) is 9.53 Å². The fraction of sp³-hybridized carbons (Fsp3) is 0.929. The lowest BCUT2D eigenvalue weighted by atomic mass is 9.83. The van der Waals surface area contributed by atoms with Gasteiger partial charge in [-0.3, -0.25) is 4.79 Å². The van der Waals surface area contributed by atoms with Crippen molar-refractivity contribution in [2.75, 3.05) is 6.61 Å². The number of alkyl halides is 2. The SMILES string of the molecule is CC(F)(F)C(C)(C)CCOC(=O)C1CCCCC1. The summed E-state index contributed by atoms with van der Waals surface area (Å²) in [6, 6.07) is 0. The van der Waals surface area contributed by atoms with Gasteiger partial charge in [-0.25, -0.2) is 8.78 Å². The van der Waals surface area contributed by atoms with Crippen LogP contribution in [0.3, 0.4) is 0 Å². The van der Waals surface area contributed by atoms with E-state index in [-0.39, 0.29) is 24.9 Å². The second-order valence-electron chi connectivity index (χ2n) is 6.02. The van der Waals surface area contributed by atoms with E-state index in [4.69, 9.17) is 4.74 Å². The lowest BCUT2D eigenvalue weighted by Crippen LogP contribution is -2.35. The number of carbonyl (C=O) groups is 1. The van der Waals surface area contributed by atoms with E-state index < -0.39 is 11.3 Å². The van der Waals surface area contributed by atoms with Crippen LogP contribution < -0.4 is 0 Å². The Morgan fingerprint density at radius 3 is 2.22 bits per heavy atom. The molecule has 0 radical (unpaired) electrons. The van der Waals surface area contributed by atoms with Crippen LogP contribution >= 0.6 is 0 Å². The molecule has 0 aromatic heterocycles. The molecule has 0 aromatic rings. The number of hydrogen-bond acceptors (Lipinski definition) is 2. The van der Waals surface area contributed by atoms with Crippen LogP contribution in [0.25, 0.3) is 0 Å². The summed E-state index contributed by atoms with van der Waals surface area (Å²) in [6.07, 6.45) is 5.27. The average Bonchev–Trinajstić information content (AvgIpc) is 2.28. The fourth-order valence-corrected chi connectivity index (χ4v) is 2.08. The van der Waals surface area contributed by atoms with Gasteiger partial charge in [0.1, 0.15) is 0 Å². The van der Waals surface area contributed by atoms with Crippen molar-refractivity contribution in [3.05, 3.63) is 0 Å². The van der Waals surface area contributed by atoms with Crippen molar-refractivity contribution in [1.82, 2.24) is 0 Å². The van der Waals surface area contributed by atoms with Gasteiger partial charge in [0, 0.05) is 5.41 Å². The Morgan fingerprint density at radius 1 is 1.17 bits per heavy atom. The summed E-state index contributed by atoms with van der Waals surface area (Å²) in [6.45, 7) is 4.00. The van der Waals surface area contributed by atoms with E-state index in [1.165, 1.54) is 20.3 Å². The Balaban J connectivity index is 2.31. The topological polar surface area (TPSA) is 26.3 Å². The number of carbonyl (C=O) groups excluding carboxylic acids is 1. The minimum Gasteiger partial charge on any atom is -0.465 e. The van der Waals surface area contributed by atoms with E-state index in [0.29, 0.717) is 0 Å². The molecule has 1 rings (SSSR count). The molecule has 0 amide bonds. The third-order valence-electron chi connectivity index (χ3n) is 4.10. The largest absolute Gasteiger partial charge is 0.465 e. The number of rotatable bonds is 5. The molecule has 1 fully saturated rings. The Morgan fingerprint density at radius 2 is 1.72 bits per heavy atom. The number of esters is 1. The van der Waals surface area contributed by atoms with Gasteiger partial charge >= 0.3 is 5.97 Å². The van der Waals surface area contributed by atoms with Gasteiger partial charge in [-0.05, 0) is 26.2 Å². The van der Waals surface area contributed by atoms with Gasteiger partial charge in [0.2, 0.25) is 0 Å². The van der Waals surface area contributed by atoms with Gasteiger partial charge in [-0.1, -0.05) is 33.1 Å². The quantitative estimate of drug-likeness (QED) is 0.695. The molecule has 0 bridgehead atoms. The zero-order chi connectivity index (χ0) is 13.8. The van der Waals surface area contributed by atoms with Gasteiger partial charge in [0.25, 0.3) is 5.92 Å². The average molecular weight is 262 g/mol. The number of halogens is 2. The first-order valence-corrected chi connectivity index (χ1v) is 6.78. The van der Waals surface area contributed by atoms with Crippen molar-refractivity contribution in [3.63, 3.8) is 0 Å². The fourth-order valence-electron chi connectivity index (χ4n) is 2.08. The predicted molar refractivity (Wildman–Crippen MR) is 66.6 cm³/mol. The third-order valence-corrected chi connectivity index (χ3v) is 4.10. The van der Waals surface area contributed by atoms with E-state index in [2.05, 4.69) is 0 Å². The van der Waals surface area contributed by atoms with Crippen molar-refractivity contribution < 1.29 is 18.3 Å². The molecule has 2 nitrogen and oxygen atoms in total. The highest BCUT2D eigenvalue weighted by Gasteiger charge is 2.41. The monoisotopic (exact) mass is 262 g/mol. The van der Waals surface area contributed by atoms with Crippen molar-refractivity contribution in [3.8, 4) is 0 Å². The van der Waals surface area contributed by atoms with Crippen LogP contribution in [-0.4, -0.2) is 18.5 Å². The Bertz CT molecular complexity index is 276. The van der Waals surface area contributed by atoms with E-state index in [9.17, 15) is 13.6 Å². The highest BCUT2D eigenvalue weighted by Crippen LogP contribution is 2.38. The number of ether oxygens (including phenoxy) is 1. The first-order chi connectivity index (χ1) is 8.24. The van der Waals surface area contributed by atoms with Crippen molar-refractivity contribution >= 4 is 5.97 Å². The summed E-state index contributed by atoms with van der Waals surface area (Å²) in [5, 5.41) is 0. The summed E-state index contributed by atoms with van der Waals surface area (Å²) >= 11 is 0. The highest BCUT2D eigenvalue weighted by molar-refractivity contribution is 5.72. The van der Waals surface area contributed by atoms with Crippen LogP contribution in [0.15, 0.2) is 0 Å². The maximum absolute atomic E-state index is 13.2. The summed E-state index contributed by atoms with van der Waals surface area (Å²) in [5.74, 6) is -2.97. The van der Waals surface area contributed by atoms with Crippen LogP contribution in [0.1, 0.15) is 59.3 Å². The lowest BCUT2D eigenvalue weighted by Gasteiger charge is -2.31. The summed E-state index contributed by atoms with van der Waals surface area (Å²) in [4.78, 5) is 11.7. The van der Waals surface area contributed by atoms with Crippen LogP contribution in [0.4, 0.5) is 8.78 Å². The highest BCUT2D eigenvalue weighted by atomic mass is 19.3. The molecule has 1 aliphatic carbocycles. The normalized spacial score (nSPS) is 18.7. The van der Waals surface area contributed by atoms with E-state index in [0.717, 1.165) is 32.6 Å². The molecule has 18 heavy (non-hydrogen) atoms. The molecule has 4 heteroatoms. The van der Waals surface area contributed by atoms with Gasteiger partial charge in [0.15, 0.2) is 0 Å². The van der Waals surface area contributed by atoms with E-state index in [1.807, 2.05) is 0 Å². The van der Waals surface area contributed by atoms with Gasteiger partial charge in [-0.2, -0.15) is 0 Å². The minimum atomic E-state index is -2.76. The van der Waals surface area contributed by atoms with Crippen LogP contribution in [0.2, 0.25) is 0 Å². The maximum atomic E-state index is 13.2. The molecule has 0 N–H and O–H groups in total. The third kappa shape index (κ3) is 4.21.